The predicted molar refractivity (Wildman–Crippen MR) is 190 cm³/mol. The molecule has 49 heavy (non-hydrogen) atoms. The van der Waals surface area contributed by atoms with E-state index in [2.05, 4.69) is 4.98 Å². The molecule has 0 amide bonds. The Balaban J connectivity index is 1.48. The van der Waals surface area contributed by atoms with Gasteiger partial charge >= 0.3 is 11.9 Å². The fraction of sp³-hybridized carbons (Fsp3) is 0.125. The number of rotatable bonds is 13. The molecule has 0 N–H and O–H groups in total. The molecule has 0 unspecified atom stereocenters. The summed E-state index contributed by atoms with van der Waals surface area (Å²) in [5.41, 5.74) is 3.03. The zero-order valence-corrected chi connectivity index (χ0v) is 27.8. The van der Waals surface area contributed by atoms with E-state index in [4.69, 9.17) is 23.7 Å². The highest BCUT2D eigenvalue weighted by molar-refractivity contribution is 7.20. The molecule has 0 aliphatic carbocycles. The van der Waals surface area contributed by atoms with Gasteiger partial charge in [0.1, 0.15) is 24.7 Å². The Morgan fingerprint density at radius 1 is 0.755 bits per heavy atom. The van der Waals surface area contributed by atoms with Crippen LogP contribution in [0.25, 0.3) is 21.7 Å². The normalized spacial score (nSPS) is 11.2. The van der Waals surface area contributed by atoms with Gasteiger partial charge in [-0.2, -0.15) is 0 Å². The van der Waals surface area contributed by atoms with Crippen molar-refractivity contribution in [2.24, 2.45) is 0 Å². The number of hydrogen-bond donors (Lipinski definition) is 0. The van der Waals surface area contributed by atoms with E-state index in [0.29, 0.717) is 58.0 Å². The largest absolute Gasteiger partial charge is 0.485 e. The molecule has 2 heterocycles. The Labute approximate surface area is 288 Å². The highest BCUT2D eigenvalue weighted by atomic mass is 32.1. The van der Waals surface area contributed by atoms with Gasteiger partial charge in [0, 0.05) is 35.5 Å². The number of esters is 2. The topological polar surface area (TPSA) is 93.2 Å². The molecule has 4 aromatic carbocycles. The van der Waals surface area contributed by atoms with Gasteiger partial charge in [-0.05, 0) is 72.2 Å². The standard InChI is InChI=1S/C40H33NO7S/c1-3-44-40(43)33(30-18-20-41-21-19-30)23-38-39(48-32-16-14-31(15-17-32)47-27(2)42)34-22-35(45-25-28-10-6-4-7-11-28)36(24-37(34)49-38)46-26-29-12-8-5-9-13-29/h4-24H,3,25-26H2,1-2H3/b33-23+. The van der Waals surface area contributed by atoms with Crippen molar-refractivity contribution in [1.82, 2.24) is 4.98 Å². The van der Waals surface area contributed by atoms with Gasteiger partial charge < -0.3 is 23.7 Å². The fourth-order valence-electron chi connectivity index (χ4n) is 4.99. The van der Waals surface area contributed by atoms with Crippen molar-refractivity contribution in [3.8, 4) is 28.7 Å². The first-order valence-electron chi connectivity index (χ1n) is 15.7. The molecule has 2 aromatic heterocycles. The van der Waals surface area contributed by atoms with Gasteiger partial charge in [0.05, 0.1) is 17.1 Å². The Morgan fingerprint density at radius 2 is 1.35 bits per heavy atom. The number of aromatic nitrogens is 1. The van der Waals surface area contributed by atoms with E-state index in [1.54, 1.807) is 61.8 Å². The first-order valence-corrected chi connectivity index (χ1v) is 16.5. The minimum atomic E-state index is -0.471. The van der Waals surface area contributed by atoms with Crippen molar-refractivity contribution >= 4 is 45.0 Å². The lowest BCUT2D eigenvalue weighted by Gasteiger charge is -2.14. The Kier molecular flexibility index (Phi) is 10.6. The number of hydrogen-bond acceptors (Lipinski definition) is 9. The van der Waals surface area contributed by atoms with Crippen LogP contribution in [0.2, 0.25) is 0 Å². The molecular formula is C40H33NO7S. The summed E-state index contributed by atoms with van der Waals surface area (Å²) in [7, 11) is 0. The lowest BCUT2D eigenvalue weighted by Crippen LogP contribution is -2.06. The summed E-state index contributed by atoms with van der Waals surface area (Å²) in [5, 5.41) is 0.758. The van der Waals surface area contributed by atoms with Crippen molar-refractivity contribution in [3.63, 3.8) is 0 Å². The van der Waals surface area contributed by atoms with Crippen LogP contribution in [0.1, 0.15) is 35.4 Å². The smallest absolute Gasteiger partial charge is 0.338 e. The third-order valence-electron chi connectivity index (χ3n) is 7.28. The summed E-state index contributed by atoms with van der Waals surface area (Å²) in [6, 6.07) is 33.9. The molecule has 0 radical (unpaired) electrons. The number of thiophene rings is 1. The van der Waals surface area contributed by atoms with E-state index < -0.39 is 11.9 Å². The van der Waals surface area contributed by atoms with Gasteiger partial charge in [0.25, 0.3) is 0 Å². The van der Waals surface area contributed by atoms with E-state index in [1.807, 2.05) is 72.8 Å². The molecule has 6 rings (SSSR count). The number of nitrogens with zero attached hydrogens (tertiary/aromatic N) is 1. The van der Waals surface area contributed by atoms with Crippen LogP contribution in [0.4, 0.5) is 0 Å². The third kappa shape index (κ3) is 8.51. The van der Waals surface area contributed by atoms with Crippen LogP contribution in [0.15, 0.2) is 122 Å². The molecule has 0 spiro atoms. The van der Waals surface area contributed by atoms with Gasteiger partial charge in [-0.25, -0.2) is 4.79 Å². The minimum absolute atomic E-state index is 0.218. The van der Waals surface area contributed by atoms with Crippen LogP contribution in [0, 0.1) is 0 Å². The zero-order valence-electron chi connectivity index (χ0n) is 27.0. The number of pyridine rings is 1. The molecule has 0 aliphatic rings. The van der Waals surface area contributed by atoms with Gasteiger partial charge in [-0.3, -0.25) is 9.78 Å². The number of carbonyl (C=O) groups excluding carboxylic acids is 2. The van der Waals surface area contributed by atoms with Crippen LogP contribution < -0.4 is 18.9 Å². The summed E-state index contributed by atoms with van der Waals surface area (Å²) >= 11 is 1.44. The van der Waals surface area contributed by atoms with Crippen LogP contribution in [-0.4, -0.2) is 23.5 Å². The minimum Gasteiger partial charge on any atom is -0.485 e. The van der Waals surface area contributed by atoms with Crippen LogP contribution >= 0.6 is 11.3 Å². The second-order valence-corrected chi connectivity index (χ2v) is 11.9. The quantitative estimate of drug-likeness (QED) is 0.0682. The average molecular weight is 672 g/mol. The first kappa shape index (κ1) is 33.0. The molecule has 0 saturated heterocycles. The van der Waals surface area contributed by atoms with Crippen LogP contribution in [-0.2, 0) is 27.5 Å². The van der Waals surface area contributed by atoms with Gasteiger partial charge in [-0.1, -0.05) is 60.7 Å². The zero-order chi connectivity index (χ0) is 34.0. The average Bonchev–Trinajstić information content (AvgIpc) is 3.45. The number of benzene rings is 4. The molecule has 0 saturated carbocycles. The van der Waals surface area contributed by atoms with E-state index in [9.17, 15) is 9.59 Å². The molecule has 0 atom stereocenters. The maximum absolute atomic E-state index is 13.3. The molecule has 0 fully saturated rings. The summed E-state index contributed by atoms with van der Waals surface area (Å²) in [6.45, 7) is 4.01. The van der Waals surface area contributed by atoms with Crippen molar-refractivity contribution in [1.29, 1.82) is 0 Å². The predicted octanol–water partition coefficient (Wildman–Crippen LogP) is 9.28. The van der Waals surface area contributed by atoms with Gasteiger partial charge in [-0.15, -0.1) is 11.3 Å². The molecular weight excluding hydrogens is 639 g/mol. The molecule has 6 aromatic rings. The molecule has 246 valence electrons. The number of carbonyl (C=O) groups is 2. The lowest BCUT2D eigenvalue weighted by atomic mass is 10.1. The number of ether oxygens (including phenoxy) is 5. The Hall–Kier alpha value is -5.93. The Bertz CT molecular complexity index is 2060. The van der Waals surface area contributed by atoms with Crippen LogP contribution in [0.5, 0.6) is 28.7 Å². The van der Waals surface area contributed by atoms with E-state index in [0.717, 1.165) is 21.2 Å². The summed E-state index contributed by atoms with van der Waals surface area (Å²) < 4.78 is 30.8. The summed E-state index contributed by atoms with van der Waals surface area (Å²) in [4.78, 5) is 29.5. The van der Waals surface area contributed by atoms with E-state index in [-0.39, 0.29) is 6.61 Å². The summed E-state index contributed by atoms with van der Waals surface area (Å²) in [6.07, 6.45) is 5.03. The van der Waals surface area contributed by atoms with Gasteiger partial charge in [0.15, 0.2) is 17.2 Å². The van der Waals surface area contributed by atoms with E-state index >= 15 is 0 Å². The molecule has 9 heteroatoms. The second kappa shape index (κ2) is 15.8. The van der Waals surface area contributed by atoms with Crippen molar-refractivity contribution < 1.29 is 33.3 Å². The fourth-order valence-corrected chi connectivity index (χ4v) is 6.07. The number of fused-ring (bicyclic) bond motifs is 1. The van der Waals surface area contributed by atoms with Crippen LogP contribution in [0.3, 0.4) is 0 Å². The van der Waals surface area contributed by atoms with Crippen molar-refractivity contribution in [3.05, 3.63) is 143 Å². The highest BCUT2D eigenvalue weighted by Gasteiger charge is 2.21. The SMILES string of the molecule is CCOC(=O)/C(=C/c1sc2cc(OCc3ccccc3)c(OCc3ccccc3)cc2c1Oc1ccc(OC(C)=O)cc1)c1ccncc1. The maximum Gasteiger partial charge on any atom is 0.338 e. The van der Waals surface area contributed by atoms with Crippen molar-refractivity contribution in [2.45, 2.75) is 27.1 Å². The lowest BCUT2D eigenvalue weighted by molar-refractivity contribution is -0.136. The van der Waals surface area contributed by atoms with Gasteiger partial charge in [0.2, 0.25) is 0 Å². The maximum atomic E-state index is 13.3. The van der Waals surface area contributed by atoms with Crippen molar-refractivity contribution in [2.75, 3.05) is 6.61 Å². The van der Waals surface area contributed by atoms with E-state index in [1.165, 1.54) is 18.3 Å². The first-order chi connectivity index (χ1) is 24.0. The monoisotopic (exact) mass is 671 g/mol. The highest BCUT2D eigenvalue weighted by Crippen LogP contribution is 2.47. The Morgan fingerprint density at radius 3 is 1.94 bits per heavy atom. The molecule has 0 bridgehead atoms. The second-order valence-electron chi connectivity index (χ2n) is 10.8. The molecule has 0 aliphatic heterocycles. The summed E-state index contributed by atoms with van der Waals surface area (Å²) in [5.74, 6) is 1.63. The molecule has 8 nitrogen and oxygen atoms in total. The third-order valence-corrected chi connectivity index (χ3v) is 8.36.